The molecule has 0 aliphatic heterocycles. The van der Waals surface area contributed by atoms with Crippen molar-refractivity contribution in [3.05, 3.63) is 40.9 Å². The molecule has 1 heterocycles. The van der Waals surface area contributed by atoms with Crippen LogP contribution in [0.25, 0.3) is 10.9 Å². The van der Waals surface area contributed by atoms with E-state index in [0.29, 0.717) is 16.8 Å². The van der Waals surface area contributed by atoms with Gasteiger partial charge >= 0.3 is 0 Å². The first-order valence-corrected chi connectivity index (χ1v) is 7.28. The second kappa shape index (κ2) is 5.31. The summed E-state index contributed by atoms with van der Waals surface area (Å²) in [5.74, 6) is 0.569. The van der Waals surface area contributed by atoms with E-state index in [0.717, 1.165) is 0 Å². The van der Waals surface area contributed by atoms with E-state index in [1.54, 1.807) is 23.1 Å². The molecule has 0 bridgehead atoms. The molecule has 3 rings (SSSR count). The molecular weight excluding hydrogens is 266 g/mol. The van der Waals surface area contributed by atoms with Crippen molar-refractivity contribution >= 4 is 16.8 Å². The maximum absolute atomic E-state index is 12.4. The molecule has 1 fully saturated rings. The van der Waals surface area contributed by atoms with E-state index in [-0.39, 0.29) is 24.1 Å². The zero-order valence-corrected chi connectivity index (χ0v) is 12.3. The molecule has 5 nitrogen and oxygen atoms in total. The molecule has 0 spiro atoms. The molecule has 1 aliphatic rings. The van der Waals surface area contributed by atoms with E-state index < -0.39 is 0 Å². The van der Waals surface area contributed by atoms with Gasteiger partial charge in [0.05, 0.1) is 17.2 Å². The monoisotopic (exact) mass is 285 g/mol. The molecule has 0 N–H and O–H groups in total. The van der Waals surface area contributed by atoms with Gasteiger partial charge in [0, 0.05) is 13.1 Å². The lowest BCUT2D eigenvalue weighted by Gasteiger charge is -2.25. The van der Waals surface area contributed by atoms with Crippen LogP contribution in [-0.4, -0.2) is 33.4 Å². The first kappa shape index (κ1) is 13.8. The summed E-state index contributed by atoms with van der Waals surface area (Å²) >= 11 is 0. The third-order valence-electron chi connectivity index (χ3n) is 4.35. The van der Waals surface area contributed by atoms with Crippen molar-refractivity contribution < 1.29 is 4.79 Å². The lowest BCUT2D eigenvalue weighted by molar-refractivity contribution is -0.132. The summed E-state index contributed by atoms with van der Waals surface area (Å²) in [5, 5.41) is 0.547. The van der Waals surface area contributed by atoms with Crippen molar-refractivity contribution in [3.63, 3.8) is 0 Å². The average Bonchev–Trinajstić information content (AvgIpc) is 3.33. The smallest absolute Gasteiger partial charge is 0.261 e. The van der Waals surface area contributed by atoms with Gasteiger partial charge in [-0.3, -0.25) is 14.2 Å². The summed E-state index contributed by atoms with van der Waals surface area (Å²) in [6.45, 7) is 2.11. The number of carbonyl (C=O) groups is 1. The van der Waals surface area contributed by atoms with E-state index in [1.807, 2.05) is 13.1 Å². The van der Waals surface area contributed by atoms with Crippen LogP contribution >= 0.6 is 0 Å². The molecule has 21 heavy (non-hydrogen) atoms. The molecule has 0 unspecified atom stereocenters. The fourth-order valence-corrected chi connectivity index (χ4v) is 2.60. The van der Waals surface area contributed by atoms with Gasteiger partial charge in [0.25, 0.3) is 5.56 Å². The number of benzene rings is 1. The lowest BCUT2D eigenvalue weighted by Crippen LogP contribution is -2.40. The largest absolute Gasteiger partial charge is 0.341 e. The molecule has 110 valence electrons. The Labute approximate surface area is 123 Å². The number of carbonyl (C=O) groups excluding carboxylic acids is 1. The van der Waals surface area contributed by atoms with Crippen LogP contribution < -0.4 is 5.56 Å². The molecule has 1 aliphatic carbocycles. The SMILES string of the molecule is C[C@H](C1CC1)N(C)C(=O)Cn1cnc2ccccc2c1=O. The lowest BCUT2D eigenvalue weighted by atomic mass is 10.2. The Bertz CT molecular complexity index is 734. The molecule has 5 heteroatoms. The van der Waals surface area contributed by atoms with Crippen LogP contribution in [-0.2, 0) is 11.3 Å². The number of likely N-dealkylation sites (N-methyl/N-ethyl adjacent to an activating group) is 1. The van der Waals surface area contributed by atoms with Crippen LogP contribution in [0.2, 0.25) is 0 Å². The number of hydrogen-bond donors (Lipinski definition) is 0. The Morgan fingerprint density at radius 3 is 2.86 bits per heavy atom. The quantitative estimate of drug-likeness (QED) is 0.858. The molecule has 1 aromatic heterocycles. The fraction of sp³-hybridized carbons (Fsp3) is 0.438. The molecule has 1 aromatic carbocycles. The van der Waals surface area contributed by atoms with Crippen LogP contribution in [0.1, 0.15) is 19.8 Å². The van der Waals surface area contributed by atoms with Gasteiger partial charge in [-0.05, 0) is 37.8 Å². The van der Waals surface area contributed by atoms with Crippen LogP contribution in [0.5, 0.6) is 0 Å². The summed E-state index contributed by atoms with van der Waals surface area (Å²) in [6, 6.07) is 7.42. The summed E-state index contributed by atoms with van der Waals surface area (Å²) in [4.78, 5) is 30.7. The summed E-state index contributed by atoms with van der Waals surface area (Å²) in [5.41, 5.74) is 0.493. The molecular formula is C16H19N3O2. The van der Waals surface area contributed by atoms with Gasteiger partial charge in [-0.25, -0.2) is 4.98 Å². The number of hydrogen-bond acceptors (Lipinski definition) is 3. The zero-order valence-electron chi connectivity index (χ0n) is 12.3. The normalized spacial score (nSPS) is 15.9. The van der Waals surface area contributed by atoms with E-state index in [2.05, 4.69) is 11.9 Å². The van der Waals surface area contributed by atoms with Gasteiger partial charge in [0.15, 0.2) is 0 Å². The Morgan fingerprint density at radius 1 is 1.43 bits per heavy atom. The number of aromatic nitrogens is 2. The number of fused-ring (bicyclic) bond motifs is 1. The van der Waals surface area contributed by atoms with E-state index >= 15 is 0 Å². The standard InChI is InChI=1S/C16H19N3O2/c1-11(12-7-8-12)18(2)15(20)9-19-10-17-14-6-4-3-5-13(14)16(19)21/h3-6,10-12H,7-9H2,1-2H3/t11-/m1/s1. The van der Waals surface area contributed by atoms with Crippen molar-refractivity contribution in [1.29, 1.82) is 0 Å². The van der Waals surface area contributed by atoms with Crippen LogP contribution in [0.4, 0.5) is 0 Å². The van der Waals surface area contributed by atoms with Crippen molar-refractivity contribution in [2.45, 2.75) is 32.4 Å². The van der Waals surface area contributed by atoms with Crippen molar-refractivity contribution in [3.8, 4) is 0 Å². The van der Waals surface area contributed by atoms with Gasteiger partial charge < -0.3 is 4.90 Å². The van der Waals surface area contributed by atoms with E-state index in [1.165, 1.54) is 23.7 Å². The number of nitrogens with zero attached hydrogens (tertiary/aromatic N) is 3. The highest BCUT2D eigenvalue weighted by Crippen LogP contribution is 2.34. The van der Waals surface area contributed by atoms with Crippen molar-refractivity contribution in [2.75, 3.05) is 7.05 Å². The summed E-state index contributed by atoms with van der Waals surface area (Å²) in [7, 11) is 1.81. The topological polar surface area (TPSA) is 55.2 Å². The first-order valence-electron chi connectivity index (χ1n) is 7.28. The average molecular weight is 285 g/mol. The number of rotatable bonds is 4. The minimum atomic E-state index is -0.165. The first-order chi connectivity index (χ1) is 10.1. The highest BCUT2D eigenvalue weighted by Gasteiger charge is 2.32. The van der Waals surface area contributed by atoms with Crippen LogP contribution in [0.3, 0.4) is 0 Å². The number of para-hydroxylation sites is 1. The number of amides is 1. The zero-order chi connectivity index (χ0) is 15.0. The second-order valence-corrected chi connectivity index (χ2v) is 5.78. The van der Waals surface area contributed by atoms with Gasteiger partial charge in [0.2, 0.25) is 5.91 Å². The predicted octanol–water partition coefficient (Wildman–Crippen LogP) is 1.65. The third kappa shape index (κ3) is 2.68. The van der Waals surface area contributed by atoms with Crippen molar-refractivity contribution in [2.24, 2.45) is 5.92 Å². The Morgan fingerprint density at radius 2 is 2.14 bits per heavy atom. The molecule has 0 radical (unpaired) electrons. The van der Waals surface area contributed by atoms with E-state index in [9.17, 15) is 9.59 Å². The molecule has 0 saturated heterocycles. The van der Waals surface area contributed by atoms with E-state index in [4.69, 9.17) is 0 Å². The molecule has 1 amide bonds. The van der Waals surface area contributed by atoms with Crippen LogP contribution in [0, 0.1) is 5.92 Å². The maximum atomic E-state index is 12.4. The van der Waals surface area contributed by atoms with Gasteiger partial charge in [-0.1, -0.05) is 12.1 Å². The summed E-state index contributed by atoms with van der Waals surface area (Å²) < 4.78 is 1.39. The Kier molecular flexibility index (Phi) is 3.49. The highest BCUT2D eigenvalue weighted by molar-refractivity contribution is 5.79. The minimum absolute atomic E-state index is 0.0459. The minimum Gasteiger partial charge on any atom is -0.341 e. The fourth-order valence-electron chi connectivity index (χ4n) is 2.60. The highest BCUT2D eigenvalue weighted by atomic mass is 16.2. The Balaban J connectivity index is 1.82. The summed E-state index contributed by atoms with van der Waals surface area (Å²) in [6.07, 6.45) is 3.84. The Hall–Kier alpha value is -2.17. The van der Waals surface area contributed by atoms with Gasteiger partial charge in [-0.15, -0.1) is 0 Å². The van der Waals surface area contributed by atoms with Gasteiger partial charge in [-0.2, -0.15) is 0 Å². The van der Waals surface area contributed by atoms with Gasteiger partial charge in [0.1, 0.15) is 6.54 Å². The maximum Gasteiger partial charge on any atom is 0.261 e. The second-order valence-electron chi connectivity index (χ2n) is 5.78. The van der Waals surface area contributed by atoms with Crippen molar-refractivity contribution in [1.82, 2.24) is 14.5 Å². The third-order valence-corrected chi connectivity index (χ3v) is 4.35. The van der Waals surface area contributed by atoms with Crippen LogP contribution in [0.15, 0.2) is 35.4 Å². The predicted molar refractivity (Wildman–Crippen MR) is 81.0 cm³/mol. The molecule has 1 atom stereocenters. The molecule has 1 saturated carbocycles. The molecule has 2 aromatic rings.